The second kappa shape index (κ2) is 6.37. The van der Waals surface area contributed by atoms with Gasteiger partial charge in [-0.3, -0.25) is 4.79 Å². The SMILES string of the molecule is COc1ccc(C(C)(C)CNC(=O)C(C)(C)C)cc1OC. The molecule has 0 atom stereocenters. The number of hydrogen-bond acceptors (Lipinski definition) is 3. The van der Waals surface area contributed by atoms with E-state index in [0.717, 1.165) is 5.56 Å². The van der Waals surface area contributed by atoms with Crippen molar-refractivity contribution in [1.82, 2.24) is 5.32 Å². The largest absolute Gasteiger partial charge is 0.493 e. The lowest BCUT2D eigenvalue weighted by atomic mass is 9.84. The van der Waals surface area contributed by atoms with Crippen molar-refractivity contribution >= 4 is 5.91 Å². The van der Waals surface area contributed by atoms with Crippen molar-refractivity contribution in [1.29, 1.82) is 0 Å². The normalized spacial score (nSPS) is 12.0. The highest BCUT2D eigenvalue weighted by atomic mass is 16.5. The van der Waals surface area contributed by atoms with Crippen LogP contribution in [0.5, 0.6) is 11.5 Å². The Morgan fingerprint density at radius 2 is 1.62 bits per heavy atom. The lowest BCUT2D eigenvalue weighted by molar-refractivity contribution is -0.128. The van der Waals surface area contributed by atoms with Gasteiger partial charge in [0.05, 0.1) is 14.2 Å². The van der Waals surface area contributed by atoms with E-state index >= 15 is 0 Å². The van der Waals surface area contributed by atoms with E-state index in [9.17, 15) is 4.79 Å². The van der Waals surface area contributed by atoms with E-state index in [1.807, 2.05) is 39.0 Å². The van der Waals surface area contributed by atoms with Crippen LogP contribution in [0.25, 0.3) is 0 Å². The van der Waals surface area contributed by atoms with Gasteiger partial charge in [0.2, 0.25) is 5.91 Å². The van der Waals surface area contributed by atoms with Crippen LogP contribution in [0.2, 0.25) is 0 Å². The number of methoxy groups -OCH3 is 2. The minimum atomic E-state index is -0.381. The maximum atomic E-state index is 12.0. The molecule has 0 spiro atoms. The van der Waals surface area contributed by atoms with Crippen LogP contribution < -0.4 is 14.8 Å². The zero-order chi connectivity index (χ0) is 16.3. The molecule has 1 N–H and O–H groups in total. The topological polar surface area (TPSA) is 47.6 Å². The fourth-order valence-corrected chi connectivity index (χ4v) is 1.93. The summed E-state index contributed by atoms with van der Waals surface area (Å²) in [5.41, 5.74) is 0.517. The molecule has 1 aromatic rings. The molecular weight excluding hydrogens is 266 g/mol. The zero-order valence-electron chi connectivity index (χ0n) is 14.2. The fraction of sp³-hybridized carbons (Fsp3) is 0.588. The van der Waals surface area contributed by atoms with E-state index in [-0.39, 0.29) is 16.7 Å². The third-order valence-corrected chi connectivity index (χ3v) is 3.54. The maximum Gasteiger partial charge on any atom is 0.225 e. The highest BCUT2D eigenvalue weighted by Crippen LogP contribution is 2.33. The molecule has 0 bridgehead atoms. The first-order valence-electron chi connectivity index (χ1n) is 7.12. The maximum absolute atomic E-state index is 12.0. The van der Waals surface area contributed by atoms with Gasteiger partial charge in [0.25, 0.3) is 0 Å². The molecule has 0 aliphatic rings. The summed E-state index contributed by atoms with van der Waals surface area (Å²) < 4.78 is 10.6. The second-order valence-corrected chi connectivity index (χ2v) is 6.89. The molecule has 4 heteroatoms. The molecule has 0 fully saturated rings. The molecule has 118 valence electrons. The lowest BCUT2D eigenvalue weighted by Crippen LogP contribution is -2.41. The molecular formula is C17H27NO3. The number of rotatable bonds is 5. The van der Waals surface area contributed by atoms with E-state index in [2.05, 4.69) is 19.2 Å². The molecule has 0 heterocycles. The second-order valence-electron chi connectivity index (χ2n) is 6.89. The Hall–Kier alpha value is -1.71. The number of nitrogens with one attached hydrogen (secondary N) is 1. The van der Waals surface area contributed by atoms with Crippen molar-refractivity contribution < 1.29 is 14.3 Å². The average Bonchev–Trinajstić information content (AvgIpc) is 2.42. The predicted octanol–water partition coefficient (Wildman–Crippen LogP) is 3.14. The van der Waals surface area contributed by atoms with Gasteiger partial charge < -0.3 is 14.8 Å². The van der Waals surface area contributed by atoms with Crippen LogP contribution >= 0.6 is 0 Å². The Kier molecular flexibility index (Phi) is 5.26. The number of amides is 1. The van der Waals surface area contributed by atoms with Gasteiger partial charge in [0.15, 0.2) is 11.5 Å². The summed E-state index contributed by atoms with van der Waals surface area (Å²) in [6.45, 7) is 10.5. The number of carbonyl (C=O) groups excluding carboxylic acids is 1. The van der Waals surface area contributed by atoms with Crippen LogP contribution in [-0.2, 0) is 10.2 Å². The Bertz CT molecular complexity index is 501. The highest BCUT2D eigenvalue weighted by Gasteiger charge is 2.26. The van der Waals surface area contributed by atoms with Gasteiger partial charge in [0.1, 0.15) is 0 Å². The number of benzene rings is 1. The van der Waals surface area contributed by atoms with E-state index in [0.29, 0.717) is 18.0 Å². The van der Waals surface area contributed by atoms with Crippen molar-refractivity contribution in [2.24, 2.45) is 5.41 Å². The van der Waals surface area contributed by atoms with Crippen LogP contribution in [0.15, 0.2) is 18.2 Å². The van der Waals surface area contributed by atoms with E-state index in [4.69, 9.17) is 9.47 Å². The van der Waals surface area contributed by atoms with Gasteiger partial charge in [0, 0.05) is 17.4 Å². The Morgan fingerprint density at radius 1 is 1.05 bits per heavy atom. The van der Waals surface area contributed by atoms with E-state index < -0.39 is 0 Å². The van der Waals surface area contributed by atoms with Crippen LogP contribution in [0.3, 0.4) is 0 Å². The molecule has 1 aromatic carbocycles. The Labute approximate surface area is 127 Å². The summed E-state index contributed by atoms with van der Waals surface area (Å²) in [4.78, 5) is 12.0. The molecule has 4 nitrogen and oxygen atoms in total. The summed E-state index contributed by atoms with van der Waals surface area (Å²) in [5, 5.41) is 3.02. The Balaban J connectivity index is 2.90. The molecule has 1 rings (SSSR count). The van der Waals surface area contributed by atoms with Gasteiger partial charge in [-0.05, 0) is 17.7 Å². The number of carbonyl (C=O) groups is 1. The van der Waals surface area contributed by atoms with Gasteiger partial charge in [-0.2, -0.15) is 0 Å². The number of hydrogen-bond donors (Lipinski definition) is 1. The van der Waals surface area contributed by atoms with Crippen molar-refractivity contribution in [2.75, 3.05) is 20.8 Å². The smallest absolute Gasteiger partial charge is 0.225 e. The monoisotopic (exact) mass is 293 g/mol. The minimum Gasteiger partial charge on any atom is -0.493 e. The van der Waals surface area contributed by atoms with Gasteiger partial charge in [-0.15, -0.1) is 0 Å². The molecule has 0 saturated carbocycles. The fourth-order valence-electron chi connectivity index (χ4n) is 1.93. The van der Waals surface area contributed by atoms with Crippen LogP contribution in [0.4, 0.5) is 0 Å². The summed E-state index contributed by atoms with van der Waals surface area (Å²) in [6.07, 6.45) is 0. The van der Waals surface area contributed by atoms with E-state index in [1.54, 1.807) is 14.2 Å². The molecule has 0 aliphatic carbocycles. The first-order chi connectivity index (χ1) is 9.61. The van der Waals surface area contributed by atoms with Crippen molar-refractivity contribution in [2.45, 2.75) is 40.0 Å². The molecule has 0 radical (unpaired) electrons. The Morgan fingerprint density at radius 3 is 2.10 bits per heavy atom. The van der Waals surface area contributed by atoms with Crippen molar-refractivity contribution in [3.63, 3.8) is 0 Å². The summed E-state index contributed by atoms with van der Waals surface area (Å²) in [7, 11) is 3.24. The van der Waals surface area contributed by atoms with E-state index in [1.165, 1.54) is 0 Å². The molecule has 0 aromatic heterocycles. The van der Waals surface area contributed by atoms with Gasteiger partial charge in [-0.25, -0.2) is 0 Å². The van der Waals surface area contributed by atoms with Gasteiger partial charge >= 0.3 is 0 Å². The van der Waals surface area contributed by atoms with Crippen molar-refractivity contribution in [3.05, 3.63) is 23.8 Å². The lowest BCUT2D eigenvalue weighted by Gasteiger charge is -2.28. The average molecular weight is 293 g/mol. The predicted molar refractivity (Wildman–Crippen MR) is 85.0 cm³/mol. The molecule has 21 heavy (non-hydrogen) atoms. The molecule has 0 unspecified atom stereocenters. The first kappa shape index (κ1) is 17.3. The first-order valence-corrected chi connectivity index (χ1v) is 7.12. The standard InChI is InChI=1S/C17H27NO3/c1-16(2,3)15(19)18-11-17(4,5)12-8-9-13(20-6)14(10-12)21-7/h8-10H,11H2,1-7H3,(H,18,19). The molecule has 0 aliphatic heterocycles. The minimum absolute atomic E-state index is 0.0519. The van der Waals surface area contributed by atoms with Gasteiger partial charge in [-0.1, -0.05) is 40.7 Å². The number of ether oxygens (including phenoxy) is 2. The van der Waals surface area contributed by atoms with Crippen LogP contribution in [-0.4, -0.2) is 26.7 Å². The quantitative estimate of drug-likeness (QED) is 0.907. The summed E-state index contributed by atoms with van der Waals surface area (Å²) in [6, 6.07) is 5.86. The van der Waals surface area contributed by atoms with Crippen molar-refractivity contribution in [3.8, 4) is 11.5 Å². The molecule has 1 amide bonds. The highest BCUT2D eigenvalue weighted by molar-refractivity contribution is 5.81. The van der Waals surface area contributed by atoms with Crippen LogP contribution in [0, 0.1) is 5.41 Å². The summed E-state index contributed by atoms with van der Waals surface area (Å²) >= 11 is 0. The molecule has 0 saturated heterocycles. The van der Waals surface area contributed by atoms with Crippen LogP contribution in [0.1, 0.15) is 40.2 Å². The summed E-state index contributed by atoms with van der Waals surface area (Å²) in [5.74, 6) is 1.46. The third kappa shape index (κ3) is 4.38. The third-order valence-electron chi connectivity index (χ3n) is 3.54. The zero-order valence-corrected chi connectivity index (χ0v) is 14.2.